The second-order valence-corrected chi connectivity index (χ2v) is 2.25. The van der Waals surface area contributed by atoms with E-state index in [2.05, 4.69) is 5.10 Å². The maximum atomic E-state index is 10.3. The first kappa shape index (κ1) is 7.94. The van der Waals surface area contributed by atoms with E-state index in [1.807, 2.05) is 6.92 Å². The van der Waals surface area contributed by atoms with E-state index in [1.165, 1.54) is 0 Å². The largest absolute Gasteiger partial charge is 0.362 e. The molecule has 11 heavy (non-hydrogen) atoms. The number of hydrogen-bond acceptors (Lipinski definition) is 3. The van der Waals surface area contributed by atoms with Gasteiger partial charge in [-0.3, -0.25) is 4.79 Å². The summed E-state index contributed by atoms with van der Waals surface area (Å²) in [5, 5.41) is 3.94. The number of aldehydes is 1. The molecule has 0 bridgehead atoms. The Morgan fingerprint density at radius 2 is 2.55 bits per heavy atom. The van der Waals surface area contributed by atoms with E-state index in [0.717, 1.165) is 12.0 Å². The fraction of sp³-hybridized carbons (Fsp3) is 0.429. The Hall–Kier alpha value is -1.16. The zero-order chi connectivity index (χ0) is 8.27. The van der Waals surface area contributed by atoms with Crippen LogP contribution in [0, 0.1) is 6.92 Å². The number of nitrogens with zero attached hydrogens (tertiary/aromatic N) is 2. The van der Waals surface area contributed by atoms with Gasteiger partial charge in [0.25, 0.3) is 0 Å². The molecule has 0 amide bonds. The van der Waals surface area contributed by atoms with Gasteiger partial charge in [-0.25, -0.2) is 4.68 Å². The summed E-state index contributed by atoms with van der Waals surface area (Å²) in [6.07, 6.45) is 0.721. The molecular weight excluding hydrogens is 144 g/mol. The van der Waals surface area contributed by atoms with E-state index in [1.54, 1.807) is 17.9 Å². The van der Waals surface area contributed by atoms with Gasteiger partial charge in [0.15, 0.2) is 6.29 Å². The predicted octanol–water partition coefficient (Wildman–Crippen LogP) is 0.608. The molecule has 1 heterocycles. The number of carbonyl (C=O) groups excluding carboxylic acids is 1. The van der Waals surface area contributed by atoms with Gasteiger partial charge >= 0.3 is 0 Å². The molecule has 0 saturated carbocycles. The van der Waals surface area contributed by atoms with Crippen LogP contribution in [0.25, 0.3) is 0 Å². The molecule has 0 fully saturated rings. The van der Waals surface area contributed by atoms with Crippen LogP contribution in [-0.2, 0) is 11.5 Å². The molecular formula is C7H10N2O2. The normalized spacial score (nSPS) is 10.0. The van der Waals surface area contributed by atoms with Crippen molar-refractivity contribution in [1.29, 1.82) is 0 Å². The van der Waals surface area contributed by atoms with Gasteiger partial charge in [0.05, 0.1) is 0 Å². The maximum Gasteiger partial charge on any atom is 0.170 e. The Morgan fingerprint density at radius 1 is 1.82 bits per heavy atom. The highest BCUT2D eigenvalue weighted by Crippen LogP contribution is 2.00. The molecule has 0 saturated heterocycles. The van der Waals surface area contributed by atoms with Crippen LogP contribution in [0.4, 0.5) is 0 Å². The molecule has 0 aliphatic carbocycles. The Balaban J connectivity index is 2.87. The number of carbonyl (C=O) groups is 1. The van der Waals surface area contributed by atoms with Gasteiger partial charge < -0.3 is 4.74 Å². The predicted molar refractivity (Wildman–Crippen MR) is 39.4 cm³/mol. The van der Waals surface area contributed by atoms with Crippen molar-refractivity contribution in [1.82, 2.24) is 9.78 Å². The third-order valence-corrected chi connectivity index (χ3v) is 1.37. The summed E-state index contributed by atoms with van der Waals surface area (Å²) in [4.78, 5) is 10.3. The van der Waals surface area contributed by atoms with Crippen molar-refractivity contribution in [2.75, 3.05) is 7.11 Å². The van der Waals surface area contributed by atoms with Crippen molar-refractivity contribution in [3.63, 3.8) is 0 Å². The first-order valence-corrected chi connectivity index (χ1v) is 3.26. The molecule has 0 radical (unpaired) electrons. The molecule has 0 aliphatic heterocycles. The van der Waals surface area contributed by atoms with Crippen LogP contribution in [0.15, 0.2) is 6.07 Å². The highest BCUT2D eigenvalue weighted by molar-refractivity contribution is 5.71. The lowest BCUT2D eigenvalue weighted by atomic mass is 10.4. The van der Waals surface area contributed by atoms with Crippen LogP contribution in [-0.4, -0.2) is 23.2 Å². The standard InChI is InChI=1S/C7H10N2O2/c1-6-3-7(4-10)8-9(6)5-11-2/h3-4H,5H2,1-2H3. The van der Waals surface area contributed by atoms with Crippen molar-refractivity contribution in [3.8, 4) is 0 Å². The number of hydrogen-bond donors (Lipinski definition) is 0. The molecule has 0 atom stereocenters. The Bertz CT molecular complexity index is 255. The summed E-state index contributed by atoms with van der Waals surface area (Å²) in [6.45, 7) is 2.26. The van der Waals surface area contributed by atoms with Gasteiger partial charge in [0.2, 0.25) is 0 Å². The quantitative estimate of drug-likeness (QED) is 0.599. The minimum atomic E-state index is 0.389. The number of aromatic nitrogens is 2. The number of rotatable bonds is 3. The number of methoxy groups -OCH3 is 1. The third kappa shape index (κ3) is 1.65. The second kappa shape index (κ2) is 3.30. The molecule has 1 rings (SSSR count). The number of aryl methyl sites for hydroxylation is 1. The van der Waals surface area contributed by atoms with Gasteiger partial charge in [-0.05, 0) is 13.0 Å². The fourth-order valence-electron chi connectivity index (χ4n) is 0.846. The van der Waals surface area contributed by atoms with Gasteiger partial charge in [0.1, 0.15) is 12.4 Å². The van der Waals surface area contributed by atoms with Crippen molar-refractivity contribution in [3.05, 3.63) is 17.5 Å². The first-order valence-electron chi connectivity index (χ1n) is 3.26. The molecule has 1 aromatic rings. The minimum absolute atomic E-state index is 0.389. The smallest absolute Gasteiger partial charge is 0.170 e. The second-order valence-electron chi connectivity index (χ2n) is 2.25. The summed E-state index contributed by atoms with van der Waals surface area (Å²) in [5.41, 5.74) is 1.37. The SMILES string of the molecule is COCn1nc(C=O)cc1C. The van der Waals surface area contributed by atoms with E-state index < -0.39 is 0 Å². The van der Waals surface area contributed by atoms with Crippen molar-refractivity contribution < 1.29 is 9.53 Å². The van der Waals surface area contributed by atoms with Gasteiger partial charge in [0, 0.05) is 12.8 Å². The highest BCUT2D eigenvalue weighted by Gasteiger charge is 2.00. The molecule has 0 aliphatic rings. The summed E-state index contributed by atoms with van der Waals surface area (Å²) >= 11 is 0. The summed E-state index contributed by atoms with van der Waals surface area (Å²) < 4.78 is 6.48. The molecule has 0 aromatic carbocycles. The van der Waals surface area contributed by atoms with Gasteiger partial charge in [-0.15, -0.1) is 0 Å². The van der Waals surface area contributed by atoms with Crippen LogP contribution in [0.1, 0.15) is 16.2 Å². The molecule has 0 N–H and O–H groups in total. The van der Waals surface area contributed by atoms with E-state index in [-0.39, 0.29) is 0 Å². The third-order valence-electron chi connectivity index (χ3n) is 1.37. The van der Waals surface area contributed by atoms with Gasteiger partial charge in [-0.1, -0.05) is 0 Å². The fourth-order valence-corrected chi connectivity index (χ4v) is 0.846. The maximum absolute atomic E-state index is 10.3. The Morgan fingerprint density at radius 3 is 3.00 bits per heavy atom. The topological polar surface area (TPSA) is 44.1 Å². The van der Waals surface area contributed by atoms with Crippen LogP contribution < -0.4 is 0 Å². The highest BCUT2D eigenvalue weighted by atomic mass is 16.5. The summed E-state index contributed by atoms with van der Waals surface area (Å²) in [7, 11) is 1.59. The molecule has 0 spiro atoms. The van der Waals surface area contributed by atoms with Gasteiger partial charge in [-0.2, -0.15) is 5.10 Å². The zero-order valence-electron chi connectivity index (χ0n) is 6.57. The van der Waals surface area contributed by atoms with E-state index in [0.29, 0.717) is 12.4 Å². The lowest BCUT2D eigenvalue weighted by Gasteiger charge is -1.99. The average molecular weight is 154 g/mol. The van der Waals surface area contributed by atoms with E-state index in [9.17, 15) is 4.79 Å². The van der Waals surface area contributed by atoms with E-state index >= 15 is 0 Å². The Kier molecular flexibility index (Phi) is 2.38. The van der Waals surface area contributed by atoms with Crippen LogP contribution >= 0.6 is 0 Å². The van der Waals surface area contributed by atoms with Crippen molar-refractivity contribution >= 4 is 6.29 Å². The molecule has 1 aromatic heterocycles. The molecule has 60 valence electrons. The minimum Gasteiger partial charge on any atom is -0.362 e. The monoisotopic (exact) mass is 154 g/mol. The zero-order valence-corrected chi connectivity index (χ0v) is 6.57. The molecule has 4 nitrogen and oxygen atoms in total. The molecule has 0 unspecified atom stereocenters. The summed E-state index contributed by atoms with van der Waals surface area (Å²) in [5.74, 6) is 0. The van der Waals surface area contributed by atoms with Crippen molar-refractivity contribution in [2.24, 2.45) is 0 Å². The lowest BCUT2D eigenvalue weighted by Crippen LogP contribution is -2.03. The summed E-state index contributed by atoms with van der Waals surface area (Å²) in [6, 6.07) is 1.71. The van der Waals surface area contributed by atoms with Crippen molar-refractivity contribution in [2.45, 2.75) is 13.7 Å². The number of ether oxygens (including phenoxy) is 1. The lowest BCUT2D eigenvalue weighted by molar-refractivity contribution is 0.110. The van der Waals surface area contributed by atoms with Crippen LogP contribution in [0.5, 0.6) is 0 Å². The Labute approximate surface area is 64.8 Å². The average Bonchev–Trinajstić information content (AvgIpc) is 2.33. The molecule has 4 heteroatoms. The van der Waals surface area contributed by atoms with Crippen LogP contribution in [0.3, 0.4) is 0 Å². The van der Waals surface area contributed by atoms with E-state index in [4.69, 9.17) is 4.74 Å². The first-order chi connectivity index (χ1) is 5.27. The van der Waals surface area contributed by atoms with Crippen LogP contribution in [0.2, 0.25) is 0 Å².